The monoisotopic (exact) mass is 379 g/mol. The fourth-order valence-electron chi connectivity index (χ4n) is 2.89. The average Bonchev–Trinajstić information content (AvgIpc) is 3.09. The number of carbonyl (C=O) groups excluding carboxylic acids is 1. The lowest BCUT2D eigenvalue weighted by Crippen LogP contribution is -2.27. The fraction of sp³-hybridized carbons (Fsp3) is 0.476. The summed E-state index contributed by atoms with van der Waals surface area (Å²) in [7, 11) is 0. The van der Waals surface area contributed by atoms with Crippen LogP contribution in [0.5, 0.6) is 0 Å². The summed E-state index contributed by atoms with van der Waals surface area (Å²) in [6, 6.07) is 2.77. The van der Waals surface area contributed by atoms with Crippen LogP contribution in [0, 0.1) is 11.6 Å². The standard InChI is InChI=1S/C21H27F2NOS/c1-3-5-11-24(12-6-4-2)21-19(22)13-16(14-20(21)23)7-8-17-9-10-18(15-25)26-17/h7-9,13-15,18H,3-6,10-12H2,1-2H3/b8-7+. The molecule has 0 saturated heterocycles. The third-order valence-corrected chi connectivity index (χ3v) is 5.53. The van der Waals surface area contributed by atoms with E-state index in [0.717, 1.165) is 36.9 Å². The van der Waals surface area contributed by atoms with Gasteiger partial charge < -0.3 is 9.69 Å². The third kappa shape index (κ3) is 5.70. The van der Waals surface area contributed by atoms with E-state index in [2.05, 4.69) is 13.8 Å². The van der Waals surface area contributed by atoms with Crippen molar-refractivity contribution in [1.29, 1.82) is 0 Å². The minimum Gasteiger partial charge on any atom is -0.367 e. The van der Waals surface area contributed by atoms with Gasteiger partial charge in [0.05, 0.1) is 5.25 Å². The number of rotatable bonds is 10. The van der Waals surface area contributed by atoms with Gasteiger partial charge in [0.1, 0.15) is 23.6 Å². The molecule has 1 aromatic carbocycles. The van der Waals surface area contributed by atoms with Crippen LogP contribution in [0.15, 0.2) is 29.2 Å². The maximum Gasteiger partial charge on any atom is 0.150 e. The first-order valence-electron chi connectivity index (χ1n) is 9.33. The molecular weight excluding hydrogens is 352 g/mol. The molecule has 1 atom stereocenters. The molecule has 5 heteroatoms. The van der Waals surface area contributed by atoms with Crippen molar-refractivity contribution in [2.75, 3.05) is 18.0 Å². The first-order valence-corrected chi connectivity index (χ1v) is 10.2. The second kappa shape index (κ2) is 10.5. The van der Waals surface area contributed by atoms with Crippen LogP contribution in [0.3, 0.4) is 0 Å². The van der Waals surface area contributed by atoms with Crippen molar-refractivity contribution in [1.82, 2.24) is 0 Å². The number of hydrogen-bond acceptors (Lipinski definition) is 3. The summed E-state index contributed by atoms with van der Waals surface area (Å²) in [6.45, 7) is 5.47. The van der Waals surface area contributed by atoms with Crippen LogP contribution in [0.1, 0.15) is 51.5 Å². The Morgan fingerprint density at radius 1 is 1.12 bits per heavy atom. The zero-order valence-electron chi connectivity index (χ0n) is 15.5. The van der Waals surface area contributed by atoms with Crippen molar-refractivity contribution in [3.63, 3.8) is 0 Å². The molecule has 1 unspecified atom stereocenters. The van der Waals surface area contributed by atoms with Gasteiger partial charge in [0.25, 0.3) is 0 Å². The molecule has 0 aromatic heterocycles. The van der Waals surface area contributed by atoms with E-state index in [1.807, 2.05) is 17.1 Å². The zero-order chi connectivity index (χ0) is 18.9. The molecule has 1 heterocycles. The molecule has 0 amide bonds. The Balaban J connectivity index is 2.16. The number of nitrogens with zero attached hydrogens (tertiary/aromatic N) is 1. The molecule has 26 heavy (non-hydrogen) atoms. The predicted molar refractivity (Wildman–Crippen MR) is 108 cm³/mol. The SMILES string of the molecule is CCCCN(CCCC)c1c(F)cc(/C=C/C2=CCC(C=O)S2)cc1F. The summed E-state index contributed by atoms with van der Waals surface area (Å²) < 4.78 is 29.3. The first-order chi connectivity index (χ1) is 12.6. The topological polar surface area (TPSA) is 20.3 Å². The van der Waals surface area contributed by atoms with Gasteiger partial charge in [-0.1, -0.05) is 38.8 Å². The highest BCUT2D eigenvalue weighted by atomic mass is 32.2. The van der Waals surface area contributed by atoms with Crippen molar-refractivity contribution in [3.8, 4) is 0 Å². The molecule has 0 radical (unpaired) electrons. The number of unbranched alkanes of at least 4 members (excludes halogenated alkanes) is 2. The van der Waals surface area contributed by atoms with Gasteiger partial charge in [0, 0.05) is 18.0 Å². The Kier molecular flexibility index (Phi) is 8.36. The van der Waals surface area contributed by atoms with E-state index in [1.165, 1.54) is 23.9 Å². The summed E-state index contributed by atoms with van der Waals surface area (Å²) in [5, 5.41) is -0.0452. The van der Waals surface area contributed by atoms with Crippen LogP contribution in [0.4, 0.5) is 14.5 Å². The number of benzene rings is 1. The van der Waals surface area contributed by atoms with Gasteiger partial charge in [-0.15, -0.1) is 11.8 Å². The van der Waals surface area contributed by atoms with Gasteiger partial charge >= 0.3 is 0 Å². The Morgan fingerprint density at radius 2 is 1.73 bits per heavy atom. The summed E-state index contributed by atoms with van der Waals surface area (Å²) in [5.41, 5.74) is 0.574. The quantitative estimate of drug-likeness (QED) is 0.467. The number of thioether (sulfide) groups is 1. The van der Waals surface area contributed by atoms with Crippen LogP contribution >= 0.6 is 11.8 Å². The normalized spacial score (nSPS) is 16.9. The fourth-order valence-corrected chi connectivity index (χ4v) is 3.83. The molecule has 1 aromatic rings. The zero-order valence-corrected chi connectivity index (χ0v) is 16.3. The van der Waals surface area contributed by atoms with E-state index in [1.54, 1.807) is 6.08 Å². The lowest BCUT2D eigenvalue weighted by Gasteiger charge is -2.25. The largest absolute Gasteiger partial charge is 0.367 e. The molecular formula is C21H27F2NOS. The van der Waals surface area contributed by atoms with Gasteiger partial charge in [-0.05, 0) is 43.0 Å². The van der Waals surface area contributed by atoms with Gasteiger partial charge in [0.15, 0.2) is 0 Å². The van der Waals surface area contributed by atoms with Gasteiger partial charge in [-0.2, -0.15) is 0 Å². The molecule has 142 valence electrons. The second-order valence-electron chi connectivity index (χ2n) is 6.50. The molecule has 0 spiro atoms. The van der Waals surface area contributed by atoms with Crippen molar-refractivity contribution in [2.45, 2.75) is 51.2 Å². The van der Waals surface area contributed by atoms with Gasteiger partial charge in [-0.3, -0.25) is 0 Å². The molecule has 0 aliphatic carbocycles. The second-order valence-corrected chi connectivity index (χ2v) is 7.81. The summed E-state index contributed by atoms with van der Waals surface area (Å²) in [5.74, 6) is -1.04. The smallest absolute Gasteiger partial charge is 0.150 e. The Hall–Kier alpha value is -1.62. The molecule has 2 rings (SSSR count). The number of aldehydes is 1. The molecule has 1 aliphatic heterocycles. The Labute approximate surface area is 159 Å². The van der Waals surface area contributed by atoms with E-state index < -0.39 is 11.6 Å². The number of allylic oxidation sites excluding steroid dienone is 2. The van der Waals surface area contributed by atoms with Gasteiger partial charge in [0.2, 0.25) is 0 Å². The molecule has 0 saturated carbocycles. The number of halogens is 2. The highest BCUT2D eigenvalue weighted by molar-refractivity contribution is 8.04. The van der Waals surface area contributed by atoms with E-state index in [0.29, 0.717) is 25.1 Å². The third-order valence-electron chi connectivity index (χ3n) is 4.35. The van der Waals surface area contributed by atoms with Gasteiger partial charge in [-0.25, -0.2) is 8.78 Å². The van der Waals surface area contributed by atoms with Crippen molar-refractivity contribution < 1.29 is 13.6 Å². The lowest BCUT2D eigenvalue weighted by molar-refractivity contribution is -0.107. The van der Waals surface area contributed by atoms with E-state index in [9.17, 15) is 13.6 Å². The van der Waals surface area contributed by atoms with Crippen molar-refractivity contribution >= 4 is 29.8 Å². The highest BCUT2D eigenvalue weighted by Gasteiger charge is 2.18. The van der Waals surface area contributed by atoms with Crippen LogP contribution in [0.25, 0.3) is 6.08 Å². The molecule has 1 aliphatic rings. The van der Waals surface area contributed by atoms with E-state index in [4.69, 9.17) is 0 Å². The maximum absolute atomic E-state index is 14.7. The molecule has 2 nitrogen and oxygen atoms in total. The summed E-state index contributed by atoms with van der Waals surface area (Å²) in [4.78, 5) is 13.6. The van der Waals surface area contributed by atoms with E-state index >= 15 is 0 Å². The van der Waals surface area contributed by atoms with Crippen molar-refractivity contribution in [3.05, 3.63) is 46.4 Å². The molecule has 0 fully saturated rings. The number of anilines is 1. The minimum absolute atomic E-state index is 0.0452. The Morgan fingerprint density at radius 3 is 2.23 bits per heavy atom. The predicted octanol–water partition coefficient (Wildman–Crippen LogP) is 5.97. The van der Waals surface area contributed by atoms with Crippen molar-refractivity contribution in [2.24, 2.45) is 0 Å². The number of hydrogen-bond donors (Lipinski definition) is 0. The summed E-state index contributed by atoms with van der Waals surface area (Å²) in [6.07, 6.45) is 10.9. The minimum atomic E-state index is -0.518. The Bertz CT molecular complexity index is 641. The van der Waals surface area contributed by atoms with Crippen LogP contribution in [-0.2, 0) is 4.79 Å². The average molecular weight is 380 g/mol. The maximum atomic E-state index is 14.7. The van der Waals surface area contributed by atoms with Crippen LogP contribution in [-0.4, -0.2) is 24.6 Å². The number of carbonyl (C=O) groups is 1. The first kappa shape index (κ1) is 20.7. The van der Waals surface area contributed by atoms with E-state index in [-0.39, 0.29) is 10.9 Å². The van der Waals surface area contributed by atoms with Crippen LogP contribution in [0.2, 0.25) is 0 Å². The molecule has 0 N–H and O–H groups in total. The highest BCUT2D eigenvalue weighted by Crippen LogP contribution is 2.33. The van der Waals surface area contributed by atoms with Crippen LogP contribution < -0.4 is 4.90 Å². The summed E-state index contributed by atoms with van der Waals surface area (Å²) >= 11 is 1.48. The lowest BCUT2D eigenvalue weighted by atomic mass is 10.1. The molecule has 0 bridgehead atoms.